The zero-order valence-electron chi connectivity index (χ0n) is 4.15. The molecule has 1 heteroatoms. The van der Waals surface area contributed by atoms with E-state index in [9.17, 15) is 0 Å². The Morgan fingerprint density at radius 2 is 2.50 bits per heavy atom. The summed E-state index contributed by atoms with van der Waals surface area (Å²) in [6.45, 7) is 7.23. The Bertz CT molecular complexity index is 32.9. The second-order valence-electron chi connectivity index (χ2n) is 1.01. The minimum Gasteiger partial charge on any atom is -0.238 e. The van der Waals surface area contributed by atoms with Crippen LogP contribution in [0, 0.1) is 0 Å². The van der Waals surface area contributed by atoms with Crippen molar-refractivity contribution < 1.29 is 0 Å². The number of rotatable bonds is 3. The molecular weight excluding hydrogens is 74.1 g/mol. The van der Waals surface area contributed by atoms with Gasteiger partial charge in [0.05, 0.1) is 0 Å². The SMILES string of the molecule is C=CC[N]CC. The van der Waals surface area contributed by atoms with Crippen molar-refractivity contribution in [2.24, 2.45) is 0 Å². The van der Waals surface area contributed by atoms with Gasteiger partial charge >= 0.3 is 0 Å². The quantitative estimate of drug-likeness (QED) is 0.354. The zero-order valence-corrected chi connectivity index (χ0v) is 4.15. The van der Waals surface area contributed by atoms with Crippen molar-refractivity contribution in [1.82, 2.24) is 5.32 Å². The van der Waals surface area contributed by atoms with Crippen LogP contribution in [0.15, 0.2) is 12.7 Å². The van der Waals surface area contributed by atoms with Crippen molar-refractivity contribution in [3.63, 3.8) is 0 Å². The summed E-state index contributed by atoms with van der Waals surface area (Å²) in [4.78, 5) is 0. The zero-order chi connectivity index (χ0) is 4.83. The van der Waals surface area contributed by atoms with Gasteiger partial charge in [-0.2, -0.15) is 0 Å². The largest absolute Gasteiger partial charge is 0.238 e. The van der Waals surface area contributed by atoms with Crippen LogP contribution in [0.5, 0.6) is 0 Å². The molecule has 6 heavy (non-hydrogen) atoms. The second kappa shape index (κ2) is 4.70. The van der Waals surface area contributed by atoms with Crippen LogP contribution in [0.1, 0.15) is 6.92 Å². The number of hydrogen-bond donors (Lipinski definition) is 0. The summed E-state index contributed by atoms with van der Waals surface area (Å²) < 4.78 is 0. The van der Waals surface area contributed by atoms with Gasteiger partial charge in [0.1, 0.15) is 0 Å². The monoisotopic (exact) mass is 84.1 g/mol. The third-order valence-corrected chi connectivity index (χ3v) is 0.482. The summed E-state index contributed by atoms with van der Waals surface area (Å²) in [7, 11) is 0. The highest BCUT2D eigenvalue weighted by Gasteiger charge is 1.69. The first-order chi connectivity index (χ1) is 2.91. The van der Waals surface area contributed by atoms with Crippen LogP contribution in [0.3, 0.4) is 0 Å². The Morgan fingerprint density at radius 1 is 1.83 bits per heavy atom. The van der Waals surface area contributed by atoms with Gasteiger partial charge in [-0.05, 0) is 0 Å². The molecule has 0 aliphatic heterocycles. The van der Waals surface area contributed by atoms with Crippen molar-refractivity contribution >= 4 is 0 Å². The average Bonchev–Trinajstić information content (AvgIpc) is 1.61. The van der Waals surface area contributed by atoms with Crippen LogP contribution in [-0.2, 0) is 0 Å². The molecule has 0 saturated carbocycles. The van der Waals surface area contributed by atoms with Crippen molar-refractivity contribution in [2.45, 2.75) is 6.92 Å². The van der Waals surface area contributed by atoms with Crippen LogP contribution >= 0.6 is 0 Å². The molecule has 0 fully saturated rings. The van der Waals surface area contributed by atoms with E-state index in [4.69, 9.17) is 0 Å². The lowest BCUT2D eigenvalue weighted by molar-refractivity contribution is 0.782. The fraction of sp³-hybridized carbons (Fsp3) is 0.600. The lowest BCUT2D eigenvalue weighted by Crippen LogP contribution is -2.01. The Morgan fingerprint density at radius 3 is 2.67 bits per heavy atom. The summed E-state index contributed by atoms with van der Waals surface area (Å²) in [6.07, 6.45) is 1.80. The standard InChI is InChI=1S/C5H10N/c1-3-5-6-4-2/h3H,1,4-5H2,2H3. The van der Waals surface area contributed by atoms with Gasteiger partial charge in [0.2, 0.25) is 0 Å². The molecule has 0 aromatic heterocycles. The van der Waals surface area contributed by atoms with Crippen molar-refractivity contribution in [2.75, 3.05) is 13.1 Å². The van der Waals surface area contributed by atoms with E-state index in [1.165, 1.54) is 0 Å². The van der Waals surface area contributed by atoms with Gasteiger partial charge in [-0.3, -0.25) is 0 Å². The molecule has 0 bridgehead atoms. The fourth-order valence-corrected chi connectivity index (χ4v) is 0.220. The Kier molecular flexibility index (Phi) is 4.46. The summed E-state index contributed by atoms with van der Waals surface area (Å²) in [5.41, 5.74) is 0. The maximum atomic E-state index is 3.97. The third kappa shape index (κ3) is 3.70. The minimum absolute atomic E-state index is 0.802. The molecule has 0 heterocycles. The van der Waals surface area contributed by atoms with E-state index in [2.05, 4.69) is 11.9 Å². The molecule has 0 amide bonds. The van der Waals surface area contributed by atoms with E-state index in [0.29, 0.717) is 0 Å². The van der Waals surface area contributed by atoms with Gasteiger partial charge in [-0.15, -0.1) is 6.58 Å². The van der Waals surface area contributed by atoms with E-state index in [1.54, 1.807) is 6.08 Å². The Hall–Kier alpha value is -0.300. The first kappa shape index (κ1) is 5.70. The molecule has 0 unspecified atom stereocenters. The smallest absolute Gasteiger partial charge is 0.0311 e. The Labute approximate surface area is 39.1 Å². The maximum Gasteiger partial charge on any atom is 0.0311 e. The van der Waals surface area contributed by atoms with Crippen molar-refractivity contribution in [1.29, 1.82) is 0 Å². The van der Waals surface area contributed by atoms with Crippen molar-refractivity contribution in [3.05, 3.63) is 12.7 Å². The third-order valence-electron chi connectivity index (χ3n) is 0.482. The first-order valence-corrected chi connectivity index (χ1v) is 2.16. The molecule has 1 radical (unpaired) electrons. The van der Waals surface area contributed by atoms with E-state index in [1.807, 2.05) is 6.92 Å². The fourth-order valence-electron chi connectivity index (χ4n) is 0.220. The van der Waals surface area contributed by atoms with Crippen LogP contribution < -0.4 is 5.32 Å². The predicted octanol–water partition coefficient (Wildman–Crippen LogP) is 0.797. The van der Waals surface area contributed by atoms with Crippen LogP contribution in [-0.4, -0.2) is 13.1 Å². The molecule has 0 rings (SSSR count). The second-order valence-corrected chi connectivity index (χ2v) is 1.01. The molecule has 0 aromatic rings. The minimum atomic E-state index is 0.802. The van der Waals surface area contributed by atoms with Gasteiger partial charge in [0.25, 0.3) is 0 Å². The highest BCUT2D eigenvalue weighted by molar-refractivity contribution is 4.67. The van der Waals surface area contributed by atoms with Crippen LogP contribution in [0.4, 0.5) is 0 Å². The molecule has 1 nitrogen and oxygen atoms in total. The predicted molar refractivity (Wildman–Crippen MR) is 27.7 cm³/mol. The van der Waals surface area contributed by atoms with Crippen LogP contribution in [0.25, 0.3) is 0 Å². The molecule has 0 atom stereocenters. The summed E-state index contributed by atoms with van der Waals surface area (Å²) >= 11 is 0. The topological polar surface area (TPSA) is 14.1 Å². The van der Waals surface area contributed by atoms with Gasteiger partial charge < -0.3 is 0 Å². The number of nitrogens with zero attached hydrogens (tertiary/aromatic N) is 1. The van der Waals surface area contributed by atoms with E-state index >= 15 is 0 Å². The summed E-state index contributed by atoms with van der Waals surface area (Å²) in [6, 6.07) is 0. The van der Waals surface area contributed by atoms with Crippen molar-refractivity contribution in [3.8, 4) is 0 Å². The summed E-state index contributed by atoms with van der Waals surface area (Å²) in [5.74, 6) is 0. The van der Waals surface area contributed by atoms with Gasteiger partial charge in [0.15, 0.2) is 0 Å². The lowest BCUT2D eigenvalue weighted by atomic mass is 10.6. The van der Waals surface area contributed by atoms with E-state index in [0.717, 1.165) is 13.1 Å². The van der Waals surface area contributed by atoms with E-state index in [-0.39, 0.29) is 0 Å². The highest BCUT2D eigenvalue weighted by atomic mass is 14.8. The normalized spacial score (nSPS) is 8.17. The average molecular weight is 84.1 g/mol. The molecule has 0 aromatic carbocycles. The maximum absolute atomic E-state index is 3.97. The van der Waals surface area contributed by atoms with Crippen LogP contribution in [0.2, 0.25) is 0 Å². The molecular formula is C5H10N. The molecule has 35 valence electrons. The van der Waals surface area contributed by atoms with Gasteiger partial charge in [0, 0.05) is 13.1 Å². The molecule has 0 saturated heterocycles. The summed E-state index contributed by atoms with van der Waals surface area (Å²) in [5, 5.41) is 3.97. The van der Waals surface area contributed by atoms with Gasteiger partial charge in [-0.1, -0.05) is 13.0 Å². The first-order valence-electron chi connectivity index (χ1n) is 2.16. The number of hydrogen-bond acceptors (Lipinski definition) is 0. The van der Waals surface area contributed by atoms with E-state index < -0.39 is 0 Å². The molecule has 0 aliphatic carbocycles. The molecule has 0 aliphatic rings. The molecule has 0 N–H and O–H groups in total. The molecule has 0 spiro atoms. The van der Waals surface area contributed by atoms with Gasteiger partial charge in [-0.25, -0.2) is 5.32 Å². The highest BCUT2D eigenvalue weighted by Crippen LogP contribution is 1.59. The number of likely N-dealkylation sites (N-methyl/N-ethyl adjacent to an activating group) is 1. The Balaban J connectivity index is 2.49. The lowest BCUT2D eigenvalue weighted by Gasteiger charge is -1.84.